The Kier molecular flexibility index (Phi) is 6.09. The Bertz CT molecular complexity index is 358. The minimum atomic E-state index is 0.399. The highest BCUT2D eigenvalue weighted by atomic mass is 32.1. The van der Waals surface area contributed by atoms with Gasteiger partial charge >= 0.3 is 0 Å². The molecule has 1 aromatic rings. The molecular weight excluding hydrogens is 242 g/mol. The van der Waals surface area contributed by atoms with Gasteiger partial charge in [0.05, 0.1) is 5.69 Å². The summed E-state index contributed by atoms with van der Waals surface area (Å²) in [5.41, 5.74) is 1.17. The van der Waals surface area contributed by atoms with Crippen LogP contribution in [0.2, 0.25) is 0 Å². The summed E-state index contributed by atoms with van der Waals surface area (Å²) >= 11 is 1.83. The summed E-state index contributed by atoms with van der Waals surface area (Å²) in [5.74, 6) is 0. The van der Waals surface area contributed by atoms with Crippen LogP contribution in [0.3, 0.4) is 0 Å². The van der Waals surface area contributed by atoms with Crippen LogP contribution in [-0.4, -0.2) is 24.6 Å². The van der Waals surface area contributed by atoms with E-state index in [0.29, 0.717) is 12.1 Å². The molecule has 1 unspecified atom stereocenters. The third kappa shape index (κ3) is 3.45. The van der Waals surface area contributed by atoms with E-state index in [2.05, 4.69) is 51.9 Å². The third-order valence-electron chi connectivity index (χ3n) is 3.52. The first kappa shape index (κ1) is 15.4. The average molecular weight is 269 g/mol. The smallest absolute Gasteiger partial charge is 0.185 e. The maximum absolute atomic E-state index is 4.74. The normalized spacial score (nSPS) is 13.1. The van der Waals surface area contributed by atoms with Crippen LogP contribution in [0.25, 0.3) is 0 Å². The standard InChI is InChI=1S/C14H27N3S/c1-7-12(8-2)17(6)14-16-11(5)13(18-14)10(4)15-9-3/h10,12,15H,7-9H2,1-6H3. The topological polar surface area (TPSA) is 28.2 Å². The van der Waals surface area contributed by atoms with E-state index in [1.54, 1.807) is 0 Å². The number of anilines is 1. The van der Waals surface area contributed by atoms with E-state index < -0.39 is 0 Å². The zero-order valence-corrected chi connectivity index (χ0v) is 13.4. The Morgan fingerprint density at radius 1 is 1.28 bits per heavy atom. The number of thiazole rings is 1. The minimum absolute atomic E-state index is 0.399. The Labute approximate surface area is 116 Å². The lowest BCUT2D eigenvalue weighted by Gasteiger charge is -2.25. The van der Waals surface area contributed by atoms with Gasteiger partial charge in [-0.15, -0.1) is 11.3 Å². The Hall–Kier alpha value is -0.610. The fraction of sp³-hybridized carbons (Fsp3) is 0.786. The molecular formula is C14H27N3S. The van der Waals surface area contributed by atoms with Crippen LogP contribution >= 0.6 is 11.3 Å². The van der Waals surface area contributed by atoms with Crippen molar-refractivity contribution in [3.05, 3.63) is 10.6 Å². The van der Waals surface area contributed by atoms with Gasteiger partial charge in [0, 0.05) is 24.0 Å². The maximum Gasteiger partial charge on any atom is 0.185 e. The lowest BCUT2D eigenvalue weighted by atomic mass is 10.1. The lowest BCUT2D eigenvalue weighted by Crippen LogP contribution is -2.30. The van der Waals surface area contributed by atoms with Gasteiger partial charge in [-0.3, -0.25) is 0 Å². The first-order chi connectivity index (χ1) is 8.54. The Morgan fingerprint density at radius 3 is 2.39 bits per heavy atom. The molecule has 18 heavy (non-hydrogen) atoms. The van der Waals surface area contributed by atoms with Crippen LogP contribution in [0.4, 0.5) is 5.13 Å². The molecule has 0 bridgehead atoms. The molecule has 0 saturated carbocycles. The molecule has 0 aliphatic heterocycles. The lowest BCUT2D eigenvalue weighted by molar-refractivity contribution is 0.590. The zero-order chi connectivity index (χ0) is 13.7. The molecule has 0 aromatic carbocycles. The van der Waals surface area contributed by atoms with Gasteiger partial charge in [-0.2, -0.15) is 0 Å². The molecule has 104 valence electrons. The Balaban J connectivity index is 2.89. The third-order valence-corrected chi connectivity index (χ3v) is 4.95. The van der Waals surface area contributed by atoms with Crippen LogP contribution in [0.15, 0.2) is 0 Å². The molecule has 1 N–H and O–H groups in total. The van der Waals surface area contributed by atoms with Crippen molar-refractivity contribution in [2.75, 3.05) is 18.5 Å². The number of aromatic nitrogens is 1. The molecule has 0 aliphatic rings. The van der Waals surface area contributed by atoms with Gasteiger partial charge in [0.1, 0.15) is 0 Å². The van der Waals surface area contributed by atoms with Crippen molar-refractivity contribution < 1.29 is 0 Å². The van der Waals surface area contributed by atoms with Crippen LogP contribution in [0.5, 0.6) is 0 Å². The first-order valence-corrected chi connectivity index (χ1v) is 7.80. The monoisotopic (exact) mass is 269 g/mol. The molecule has 3 nitrogen and oxygen atoms in total. The largest absolute Gasteiger partial charge is 0.348 e. The second kappa shape index (κ2) is 7.10. The second-order valence-corrected chi connectivity index (χ2v) is 5.82. The van der Waals surface area contributed by atoms with Gasteiger partial charge in [0.15, 0.2) is 5.13 Å². The van der Waals surface area contributed by atoms with E-state index in [-0.39, 0.29) is 0 Å². The summed E-state index contributed by atoms with van der Waals surface area (Å²) in [6, 6.07) is 0.995. The van der Waals surface area contributed by atoms with Crippen molar-refractivity contribution in [2.45, 2.75) is 59.5 Å². The molecule has 0 fully saturated rings. The van der Waals surface area contributed by atoms with Crippen LogP contribution < -0.4 is 10.2 Å². The number of aryl methyl sites for hydroxylation is 1. The second-order valence-electron chi connectivity index (χ2n) is 4.81. The van der Waals surface area contributed by atoms with Gasteiger partial charge in [-0.1, -0.05) is 20.8 Å². The molecule has 1 aromatic heterocycles. The number of hydrogen-bond donors (Lipinski definition) is 1. The van der Waals surface area contributed by atoms with E-state index in [9.17, 15) is 0 Å². The Morgan fingerprint density at radius 2 is 1.89 bits per heavy atom. The van der Waals surface area contributed by atoms with Gasteiger partial charge < -0.3 is 10.2 Å². The van der Waals surface area contributed by atoms with Crippen molar-refractivity contribution in [1.29, 1.82) is 0 Å². The summed E-state index contributed by atoms with van der Waals surface area (Å²) in [4.78, 5) is 8.43. The van der Waals surface area contributed by atoms with Gasteiger partial charge in [0.2, 0.25) is 0 Å². The van der Waals surface area contributed by atoms with E-state index >= 15 is 0 Å². The summed E-state index contributed by atoms with van der Waals surface area (Å²) in [5, 5.41) is 4.62. The van der Waals surface area contributed by atoms with Crippen LogP contribution in [-0.2, 0) is 0 Å². The molecule has 0 amide bonds. The van der Waals surface area contributed by atoms with E-state index in [1.807, 2.05) is 11.3 Å². The van der Waals surface area contributed by atoms with Gasteiger partial charge in [-0.25, -0.2) is 4.98 Å². The summed E-state index contributed by atoms with van der Waals surface area (Å²) in [6.07, 6.45) is 2.34. The maximum atomic E-state index is 4.74. The number of rotatable bonds is 7. The SMILES string of the molecule is CCNC(C)c1sc(N(C)C(CC)CC)nc1C. The molecule has 0 spiro atoms. The van der Waals surface area contributed by atoms with Crippen molar-refractivity contribution in [1.82, 2.24) is 10.3 Å². The molecule has 4 heteroatoms. The first-order valence-electron chi connectivity index (χ1n) is 6.98. The predicted octanol–water partition coefficient (Wildman–Crippen LogP) is 3.75. The molecule has 0 saturated heterocycles. The number of hydrogen-bond acceptors (Lipinski definition) is 4. The fourth-order valence-corrected chi connectivity index (χ4v) is 3.46. The van der Waals surface area contributed by atoms with Gasteiger partial charge in [0.25, 0.3) is 0 Å². The molecule has 0 aliphatic carbocycles. The molecule has 1 heterocycles. The summed E-state index contributed by atoms with van der Waals surface area (Å²) in [6.45, 7) is 12.0. The van der Waals surface area contributed by atoms with Gasteiger partial charge in [-0.05, 0) is 33.2 Å². The van der Waals surface area contributed by atoms with E-state index in [0.717, 1.165) is 11.7 Å². The van der Waals surface area contributed by atoms with Crippen molar-refractivity contribution in [3.8, 4) is 0 Å². The fourth-order valence-electron chi connectivity index (χ4n) is 2.34. The predicted molar refractivity (Wildman–Crippen MR) is 81.7 cm³/mol. The zero-order valence-electron chi connectivity index (χ0n) is 12.6. The highest BCUT2D eigenvalue weighted by Crippen LogP contribution is 2.31. The van der Waals surface area contributed by atoms with Crippen molar-refractivity contribution >= 4 is 16.5 Å². The van der Waals surface area contributed by atoms with Crippen molar-refractivity contribution in [3.63, 3.8) is 0 Å². The number of nitrogens with one attached hydrogen (secondary N) is 1. The summed E-state index contributed by atoms with van der Waals surface area (Å²) in [7, 11) is 2.16. The molecule has 1 atom stereocenters. The van der Waals surface area contributed by atoms with Crippen LogP contribution in [0, 0.1) is 6.92 Å². The van der Waals surface area contributed by atoms with Crippen molar-refractivity contribution in [2.24, 2.45) is 0 Å². The summed E-state index contributed by atoms with van der Waals surface area (Å²) < 4.78 is 0. The molecule has 0 radical (unpaired) electrons. The quantitative estimate of drug-likeness (QED) is 0.817. The van der Waals surface area contributed by atoms with E-state index in [1.165, 1.54) is 23.4 Å². The average Bonchev–Trinajstić information content (AvgIpc) is 2.73. The molecule has 1 rings (SSSR count). The number of nitrogens with zero attached hydrogens (tertiary/aromatic N) is 2. The minimum Gasteiger partial charge on any atom is -0.348 e. The highest BCUT2D eigenvalue weighted by Gasteiger charge is 2.19. The van der Waals surface area contributed by atoms with Crippen LogP contribution in [0.1, 0.15) is 57.1 Å². The van der Waals surface area contributed by atoms with E-state index in [4.69, 9.17) is 4.98 Å². The highest BCUT2D eigenvalue weighted by molar-refractivity contribution is 7.15.